The molecule has 5 rings (SSSR count). The molecule has 0 unspecified atom stereocenters. The van der Waals surface area contributed by atoms with Crippen molar-refractivity contribution >= 4 is 38.6 Å². The molecule has 46 heavy (non-hydrogen) atoms. The number of anilines is 1. The number of rotatable bonds is 7. The maximum absolute atomic E-state index is 15.1. The van der Waals surface area contributed by atoms with E-state index in [0.29, 0.717) is 54.0 Å². The largest absolute Gasteiger partial charge is 0.480 e. The van der Waals surface area contributed by atoms with Crippen LogP contribution in [0.25, 0.3) is 22.0 Å². The van der Waals surface area contributed by atoms with Gasteiger partial charge in [-0.25, -0.2) is 37.3 Å². The van der Waals surface area contributed by atoms with Crippen molar-refractivity contribution in [2.75, 3.05) is 44.8 Å². The molecule has 0 N–H and O–H groups in total. The normalized spacial score (nSPS) is 13.9. The van der Waals surface area contributed by atoms with Gasteiger partial charge in [0.25, 0.3) is 0 Å². The van der Waals surface area contributed by atoms with Gasteiger partial charge in [-0.05, 0) is 69.7 Å². The second-order valence-electron chi connectivity index (χ2n) is 11.5. The number of fused-ring (bicyclic) bond motifs is 1. The van der Waals surface area contributed by atoms with Crippen LogP contribution in [0.1, 0.15) is 38.1 Å². The minimum Gasteiger partial charge on any atom is -0.480 e. The zero-order valence-electron chi connectivity index (χ0n) is 26.1. The Morgan fingerprint density at radius 2 is 1.67 bits per heavy atom. The first kappa shape index (κ1) is 32.5. The summed E-state index contributed by atoms with van der Waals surface area (Å²) in [5.41, 5.74) is 1.00. The molecule has 1 fully saturated rings. The van der Waals surface area contributed by atoms with Crippen molar-refractivity contribution in [2.24, 2.45) is 0 Å². The lowest BCUT2D eigenvalue weighted by atomic mass is 10.0. The van der Waals surface area contributed by atoms with E-state index in [0.717, 1.165) is 12.1 Å². The number of piperazine rings is 1. The summed E-state index contributed by atoms with van der Waals surface area (Å²) in [5, 5.41) is 0.714. The molecule has 0 saturated carbocycles. The van der Waals surface area contributed by atoms with Crippen molar-refractivity contribution in [1.82, 2.24) is 19.9 Å². The molecule has 4 aromatic rings. The van der Waals surface area contributed by atoms with Gasteiger partial charge in [-0.1, -0.05) is 6.07 Å². The van der Waals surface area contributed by atoms with E-state index < -0.39 is 32.1 Å². The summed E-state index contributed by atoms with van der Waals surface area (Å²) in [6.07, 6.45) is 2.57. The van der Waals surface area contributed by atoms with Crippen molar-refractivity contribution < 1.29 is 36.6 Å². The molecule has 242 valence electrons. The number of hydrogen-bond acceptors (Lipinski definition) is 11. The Bertz CT molecular complexity index is 1910. The summed E-state index contributed by atoms with van der Waals surface area (Å²) in [4.78, 5) is 40.5. The van der Waals surface area contributed by atoms with E-state index in [2.05, 4.69) is 19.9 Å². The number of halogens is 1. The van der Waals surface area contributed by atoms with Gasteiger partial charge in [0, 0.05) is 43.3 Å². The summed E-state index contributed by atoms with van der Waals surface area (Å²) >= 11 is 0. The number of methoxy groups -OCH3 is 1. The van der Waals surface area contributed by atoms with E-state index in [1.807, 2.05) is 26.8 Å². The highest BCUT2D eigenvalue weighted by atomic mass is 32.2. The maximum atomic E-state index is 15.1. The van der Waals surface area contributed by atoms with Gasteiger partial charge in [-0.3, -0.25) is 0 Å². The van der Waals surface area contributed by atoms with Crippen molar-refractivity contribution in [3.8, 4) is 17.0 Å². The van der Waals surface area contributed by atoms with Crippen molar-refractivity contribution in [3.63, 3.8) is 0 Å². The number of carbonyl (C=O) groups is 2. The third-order valence-corrected chi connectivity index (χ3v) is 8.99. The molecule has 14 heteroatoms. The number of amides is 1. The second kappa shape index (κ2) is 12.9. The predicted octanol–water partition coefficient (Wildman–Crippen LogP) is 4.91. The van der Waals surface area contributed by atoms with E-state index in [1.165, 1.54) is 31.8 Å². The SMILES string of the molecule is CCOC(=O)c1ccc(S(=O)(=O)c2cc(-c3ccc4ncnc(N5CCN(C(=O)OC(C)(C)C)CC5)c4c3)cnc2OC)c(F)c1. The average molecular weight is 652 g/mol. The second-order valence-corrected chi connectivity index (χ2v) is 13.4. The number of pyridine rings is 1. The molecule has 12 nitrogen and oxygen atoms in total. The van der Waals surface area contributed by atoms with Gasteiger partial charge < -0.3 is 24.0 Å². The van der Waals surface area contributed by atoms with E-state index in [-0.39, 0.29) is 29.0 Å². The van der Waals surface area contributed by atoms with Crippen molar-refractivity contribution in [2.45, 2.75) is 43.1 Å². The van der Waals surface area contributed by atoms with Gasteiger partial charge in [0.2, 0.25) is 15.7 Å². The molecule has 3 heterocycles. The third kappa shape index (κ3) is 6.71. The van der Waals surface area contributed by atoms with Gasteiger partial charge in [0.05, 0.1) is 24.8 Å². The zero-order chi connectivity index (χ0) is 33.2. The van der Waals surface area contributed by atoms with Crippen LogP contribution in [0.4, 0.5) is 15.0 Å². The van der Waals surface area contributed by atoms with Crippen LogP contribution in [-0.4, -0.2) is 85.8 Å². The number of nitrogens with zero attached hydrogens (tertiary/aromatic N) is 5. The fourth-order valence-electron chi connectivity index (χ4n) is 5.02. The lowest BCUT2D eigenvalue weighted by Crippen LogP contribution is -2.50. The summed E-state index contributed by atoms with van der Waals surface area (Å²) < 4.78 is 58.2. The number of sulfone groups is 1. The summed E-state index contributed by atoms with van der Waals surface area (Å²) in [6, 6.07) is 9.80. The Morgan fingerprint density at radius 1 is 0.935 bits per heavy atom. The minimum absolute atomic E-state index is 0.0866. The molecular formula is C32H34FN5O7S. The van der Waals surface area contributed by atoms with E-state index in [9.17, 15) is 18.0 Å². The Labute approximate surface area is 266 Å². The van der Waals surface area contributed by atoms with Crippen LogP contribution in [0.15, 0.2) is 64.8 Å². The maximum Gasteiger partial charge on any atom is 0.410 e. The van der Waals surface area contributed by atoms with Crippen molar-refractivity contribution in [3.05, 3.63) is 66.4 Å². The summed E-state index contributed by atoms with van der Waals surface area (Å²) in [7, 11) is -3.21. The van der Waals surface area contributed by atoms with Crippen LogP contribution in [-0.2, 0) is 19.3 Å². The highest BCUT2D eigenvalue weighted by Gasteiger charge is 2.29. The highest BCUT2D eigenvalue weighted by molar-refractivity contribution is 7.91. The Kier molecular flexibility index (Phi) is 9.10. The number of ether oxygens (including phenoxy) is 3. The van der Waals surface area contributed by atoms with Gasteiger partial charge in [-0.15, -0.1) is 0 Å². The molecular weight excluding hydrogens is 617 g/mol. The van der Waals surface area contributed by atoms with Crippen LogP contribution in [0.2, 0.25) is 0 Å². The van der Waals surface area contributed by atoms with Crippen LogP contribution in [0.3, 0.4) is 0 Å². The average Bonchev–Trinajstić information content (AvgIpc) is 3.03. The predicted molar refractivity (Wildman–Crippen MR) is 167 cm³/mol. The first-order valence-electron chi connectivity index (χ1n) is 14.6. The molecule has 1 aliphatic rings. The fourth-order valence-corrected chi connectivity index (χ4v) is 6.46. The monoisotopic (exact) mass is 651 g/mol. The molecule has 0 aliphatic carbocycles. The van der Waals surface area contributed by atoms with Crippen LogP contribution in [0, 0.1) is 5.82 Å². The number of hydrogen-bond donors (Lipinski definition) is 0. The van der Waals surface area contributed by atoms with E-state index in [4.69, 9.17) is 14.2 Å². The molecule has 2 aromatic heterocycles. The fraction of sp³-hybridized carbons (Fsp3) is 0.344. The molecule has 2 aromatic carbocycles. The Morgan fingerprint density at radius 3 is 2.33 bits per heavy atom. The smallest absolute Gasteiger partial charge is 0.410 e. The van der Waals surface area contributed by atoms with Gasteiger partial charge >= 0.3 is 12.1 Å². The molecule has 1 saturated heterocycles. The number of carbonyl (C=O) groups excluding carboxylic acids is 2. The number of benzene rings is 2. The molecule has 0 spiro atoms. The zero-order valence-corrected chi connectivity index (χ0v) is 26.9. The lowest BCUT2D eigenvalue weighted by molar-refractivity contribution is 0.0240. The number of esters is 1. The topological polar surface area (TPSA) is 141 Å². The van der Waals surface area contributed by atoms with Gasteiger partial charge in [-0.2, -0.15) is 0 Å². The van der Waals surface area contributed by atoms with E-state index in [1.54, 1.807) is 24.0 Å². The Balaban J connectivity index is 1.47. The first-order valence-corrected chi connectivity index (χ1v) is 16.0. The molecule has 0 radical (unpaired) electrons. The van der Waals surface area contributed by atoms with Crippen molar-refractivity contribution in [1.29, 1.82) is 0 Å². The quantitative estimate of drug-likeness (QED) is 0.252. The van der Waals surface area contributed by atoms with E-state index >= 15 is 4.39 Å². The van der Waals surface area contributed by atoms with Crippen LogP contribution in [0.5, 0.6) is 5.88 Å². The molecule has 1 amide bonds. The molecule has 1 aliphatic heterocycles. The summed E-state index contributed by atoms with van der Waals surface area (Å²) in [6.45, 7) is 9.09. The molecule has 0 bridgehead atoms. The van der Waals surface area contributed by atoms with Crippen LogP contribution >= 0.6 is 0 Å². The lowest BCUT2D eigenvalue weighted by Gasteiger charge is -2.36. The first-order chi connectivity index (χ1) is 21.8. The number of aromatic nitrogens is 3. The minimum atomic E-state index is -4.48. The van der Waals surface area contributed by atoms with Crippen LogP contribution < -0.4 is 9.64 Å². The summed E-state index contributed by atoms with van der Waals surface area (Å²) in [5.74, 6) is -1.44. The third-order valence-electron chi connectivity index (χ3n) is 7.21. The highest BCUT2D eigenvalue weighted by Crippen LogP contribution is 2.35. The Hall–Kier alpha value is -4.85. The van der Waals surface area contributed by atoms with Gasteiger partial charge in [0.15, 0.2) is 0 Å². The standard InChI is InChI=1S/C32H34FN5O7S/c1-6-44-30(39)21-8-10-26(24(33)16-21)46(41,42)27-17-22(18-34-29(27)43-5)20-7-9-25-23(15-20)28(36-19-35-25)37-11-13-38(14-12-37)31(40)45-32(2,3)4/h7-10,15-19H,6,11-14H2,1-5H3. The molecule has 0 atom stereocenters. The van der Waals surface area contributed by atoms with Gasteiger partial charge in [0.1, 0.15) is 33.4 Å².